The zero-order chi connectivity index (χ0) is 21.5. The molecule has 1 aliphatic rings. The van der Waals surface area contributed by atoms with E-state index in [9.17, 15) is 27.9 Å². The summed E-state index contributed by atoms with van der Waals surface area (Å²) in [5.41, 5.74) is -7.12. The Hall–Kier alpha value is 0.325. The SMILES string of the molecule is B[C@@H]1O[C@](CCP(=O)(O)O)(CC(F)(F)P(=O)(O)O)[C@H](OP(=C)(O)OC)C1O. The minimum atomic E-state index is -6.00. The predicted octanol–water partition coefficient (Wildman–Crippen LogP) is -0.978. The van der Waals surface area contributed by atoms with Crippen LogP contribution in [0.1, 0.15) is 12.8 Å². The molecule has 0 bridgehead atoms. The van der Waals surface area contributed by atoms with E-state index < -0.39 is 71.2 Å². The van der Waals surface area contributed by atoms with Gasteiger partial charge in [-0.15, -0.1) is 0 Å². The molecule has 0 aromatic heterocycles. The molecule has 1 aliphatic heterocycles. The van der Waals surface area contributed by atoms with E-state index in [2.05, 4.69) is 10.8 Å². The number of rotatable bonds is 9. The van der Waals surface area contributed by atoms with Gasteiger partial charge in [0.2, 0.25) is 7.57 Å². The van der Waals surface area contributed by atoms with Crippen molar-refractivity contribution >= 4 is 36.9 Å². The first-order valence-electron chi connectivity index (χ1n) is 7.40. The minimum absolute atomic E-state index is 0.858. The van der Waals surface area contributed by atoms with Gasteiger partial charge in [-0.05, 0) is 12.7 Å². The molecule has 0 aromatic rings. The maximum atomic E-state index is 14.1. The fourth-order valence-electron chi connectivity index (χ4n) is 2.67. The van der Waals surface area contributed by atoms with Crippen molar-refractivity contribution in [1.82, 2.24) is 0 Å². The van der Waals surface area contributed by atoms with Crippen LogP contribution in [0, 0.1) is 0 Å². The Morgan fingerprint density at radius 3 is 2.19 bits per heavy atom. The van der Waals surface area contributed by atoms with Gasteiger partial charge in [0.15, 0.2) is 0 Å². The third-order valence-electron chi connectivity index (χ3n) is 4.06. The molecule has 5 atom stereocenters. The predicted molar refractivity (Wildman–Crippen MR) is 93.4 cm³/mol. The number of hydrogen-bond donors (Lipinski definition) is 6. The average molecular weight is 460 g/mol. The molecule has 0 aromatic carbocycles. The first kappa shape index (κ1) is 25.4. The van der Waals surface area contributed by atoms with E-state index in [0.717, 1.165) is 7.11 Å². The van der Waals surface area contributed by atoms with Crippen LogP contribution in [0.3, 0.4) is 0 Å². The number of hydrogen-bond acceptors (Lipinski definition) is 7. The molecule has 27 heavy (non-hydrogen) atoms. The summed E-state index contributed by atoms with van der Waals surface area (Å²) in [4.78, 5) is 45.9. The van der Waals surface area contributed by atoms with Crippen LogP contribution in [0.4, 0.5) is 8.78 Å². The third kappa shape index (κ3) is 6.40. The topological polar surface area (TPSA) is 183 Å². The molecule has 1 fully saturated rings. The normalized spacial score (nSPS) is 32.4. The molecular formula is C10H22BF2O11P3. The van der Waals surface area contributed by atoms with Gasteiger partial charge in [-0.3, -0.25) is 9.13 Å². The summed E-state index contributed by atoms with van der Waals surface area (Å²) in [6.07, 6.45) is -3.95. The number of alkyl halides is 2. The van der Waals surface area contributed by atoms with E-state index in [1.807, 2.05) is 0 Å². The van der Waals surface area contributed by atoms with Crippen LogP contribution in [0.25, 0.3) is 0 Å². The minimum Gasteiger partial charge on any atom is -0.388 e. The van der Waals surface area contributed by atoms with E-state index in [4.69, 9.17) is 28.8 Å². The first-order valence-corrected chi connectivity index (χ1v) is 12.6. The lowest BCUT2D eigenvalue weighted by Crippen LogP contribution is -2.49. The van der Waals surface area contributed by atoms with Crippen LogP contribution in [-0.4, -0.2) is 86.5 Å². The molecule has 1 heterocycles. The summed E-state index contributed by atoms with van der Waals surface area (Å²) >= 11 is 0. The second-order valence-electron chi connectivity index (χ2n) is 6.25. The highest BCUT2D eigenvalue weighted by Crippen LogP contribution is 2.60. The van der Waals surface area contributed by atoms with E-state index >= 15 is 0 Å². The van der Waals surface area contributed by atoms with Gasteiger partial charge in [-0.2, -0.15) is 8.78 Å². The van der Waals surface area contributed by atoms with Crippen molar-refractivity contribution in [3.05, 3.63) is 0 Å². The number of aliphatic hydroxyl groups is 1. The fourth-order valence-corrected chi connectivity index (χ4v) is 4.57. The fraction of sp³-hybridized carbons (Fsp3) is 0.900. The molecule has 1 saturated heterocycles. The van der Waals surface area contributed by atoms with Gasteiger partial charge in [-0.1, -0.05) is 0 Å². The highest BCUT2D eigenvalue weighted by molar-refractivity contribution is 7.58. The van der Waals surface area contributed by atoms with E-state index in [1.165, 1.54) is 7.85 Å². The van der Waals surface area contributed by atoms with Crippen molar-refractivity contribution in [2.45, 2.75) is 42.3 Å². The monoisotopic (exact) mass is 460 g/mol. The Balaban J connectivity index is 3.41. The van der Waals surface area contributed by atoms with E-state index in [0.29, 0.717) is 0 Å². The van der Waals surface area contributed by atoms with Gasteiger partial charge in [-0.25, -0.2) is 0 Å². The van der Waals surface area contributed by atoms with Crippen LogP contribution in [0.2, 0.25) is 0 Å². The Labute approximate surface area is 154 Å². The summed E-state index contributed by atoms with van der Waals surface area (Å²) < 4.78 is 65.5. The molecule has 0 amide bonds. The largest absolute Gasteiger partial charge is 0.394 e. The van der Waals surface area contributed by atoms with E-state index in [1.54, 1.807) is 0 Å². The summed E-state index contributed by atoms with van der Waals surface area (Å²) in [5, 5.41) is 10.2. The van der Waals surface area contributed by atoms with Crippen LogP contribution >= 0.6 is 22.8 Å². The lowest BCUT2D eigenvalue weighted by molar-refractivity contribution is -0.113. The van der Waals surface area contributed by atoms with Crippen molar-refractivity contribution in [3.63, 3.8) is 0 Å². The molecule has 2 unspecified atom stereocenters. The molecule has 6 N–H and O–H groups in total. The molecule has 0 radical (unpaired) electrons. The van der Waals surface area contributed by atoms with Crippen LogP contribution in [0.5, 0.6) is 0 Å². The van der Waals surface area contributed by atoms with Crippen molar-refractivity contribution in [2.75, 3.05) is 13.3 Å². The lowest BCUT2D eigenvalue weighted by Gasteiger charge is -2.38. The smallest absolute Gasteiger partial charge is 0.388 e. The summed E-state index contributed by atoms with van der Waals surface area (Å²) in [7, 11) is -12.4. The van der Waals surface area contributed by atoms with Gasteiger partial charge >= 0.3 is 20.9 Å². The quantitative estimate of drug-likeness (QED) is 0.184. The van der Waals surface area contributed by atoms with Gasteiger partial charge in [0, 0.05) is 7.11 Å². The van der Waals surface area contributed by atoms with Gasteiger partial charge in [0.25, 0.3) is 0 Å². The van der Waals surface area contributed by atoms with Crippen molar-refractivity contribution in [1.29, 1.82) is 0 Å². The van der Waals surface area contributed by atoms with Crippen LogP contribution < -0.4 is 0 Å². The Kier molecular flexibility index (Phi) is 7.72. The van der Waals surface area contributed by atoms with Crippen LogP contribution in [0.15, 0.2) is 0 Å². The maximum Gasteiger partial charge on any atom is 0.394 e. The molecule has 160 valence electrons. The molecular weight excluding hydrogens is 438 g/mol. The average Bonchev–Trinajstić information content (AvgIpc) is 2.68. The van der Waals surface area contributed by atoms with Crippen molar-refractivity contribution in [2.24, 2.45) is 0 Å². The zero-order valence-corrected chi connectivity index (χ0v) is 17.1. The molecule has 1 rings (SSSR count). The Morgan fingerprint density at radius 2 is 1.78 bits per heavy atom. The highest BCUT2D eigenvalue weighted by Gasteiger charge is 2.63. The number of aliphatic hydroxyl groups excluding tert-OH is 1. The second-order valence-corrected chi connectivity index (χ2v) is 11.6. The van der Waals surface area contributed by atoms with Crippen LogP contribution in [-0.2, 0) is 22.9 Å². The number of halogens is 2. The van der Waals surface area contributed by atoms with E-state index in [-0.39, 0.29) is 0 Å². The molecule has 0 saturated carbocycles. The van der Waals surface area contributed by atoms with Gasteiger partial charge in [0.1, 0.15) is 25.7 Å². The highest BCUT2D eigenvalue weighted by atomic mass is 31.2. The molecule has 17 heteroatoms. The molecule has 0 spiro atoms. The standard InChI is InChI=1S/C10H22BF2O11P3/c1-22-25(2,15)24-7-6(14)8(11)23-9(7,3-4-26(16,17)18)5-10(12,13)27(19,20)21/h6-8,14-15H,2-5,11H2,1H3,(H2,16,17,18)(H2,19,20,21)/t6?,7-,8-,9-,25?/m1/s1. The summed E-state index contributed by atoms with van der Waals surface area (Å²) in [6, 6.07) is -1.23. The first-order chi connectivity index (χ1) is 11.9. The van der Waals surface area contributed by atoms with Crippen molar-refractivity contribution < 1.29 is 61.3 Å². The second kappa shape index (κ2) is 8.22. The van der Waals surface area contributed by atoms with Crippen molar-refractivity contribution in [3.8, 4) is 0 Å². The molecule has 0 aliphatic carbocycles. The summed E-state index contributed by atoms with van der Waals surface area (Å²) in [5.74, 6) is 0. The third-order valence-corrected chi connectivity index (χ3v) is 7.00. The zero-order valence-electron chi connectivity index (χ0n) is 14.4. The molecule has 11 nitrogen and oxygen atoms in total. The summed E-state index contributed by atoms with van der Waals surface area (Å²) in [6.45, 7) is 0. The maximum absolute atomic E-state index is 14.1. The Morgan fingerprint density at radius 1 is 1.26 bits per heavy atom. The lowest BCUT2D eigenvalue weighted by atomic mass is 9.86. The number of ether oxygens (including phenoxy) is 1. The van der Waals surface area contributed by atoms with Gasteiger partial charge in [0.05, 0.1) is 18.6 Å². The Bertz CT molecular complexity index is 681. The van der Waals surface area contributed by atoms with Gasteiger partial charge < -0.3 is 43.4 Å².